The molecule has 0 aliphatic heterocycles. The number of nitrogens with zero attached hydrogens (tertiary/aromatic N) is 1. The Morgan fingerprint density at radius 1 is 0.738 bits per heavy atom. The van der Waals surface area contributed by atoms with Crippen molar-refractivity contribution >= 4 is 45.9 Å². The summed E-state index contributed by atoms with van der Waals surface area (Å²) in [7, 11) is 0. The molecule has 2 amide bonds. The molecule has 0 saturated heterocycles. The molecule has 6 heteroatoms. The molecule has 0 spiro atoms. The van der Waals surface area contributed by atoms with Crippen LogP contribution in [-0.4, -0.2) is 25.2 Å². The highest BCUT2D eigenvalue weighted by molar-refractivity contribution is 7.99. The second kappa shape index (κ2) is 14.4. The molecule has 0 radical (unpaired) electrons. The van der Waals surface area contributed by atoms with E-state index in [2.05, 4.69) is 29.6 Å². The molecule has 0 aliphatic carbocycles. The maximum Gasteiger partial charge on any atom is 0.326 e. The van der Waals surface area contributed by atoms with Crippen LogP contribution in [0.1, 0.15) is 24.5 Å². The number of hydrogen-bond acceptors (Lipinski definition) is 4. The van der Waals surface area contributed by atoms with Crippen LogP contribution >= 0.6 is 11.8 Å². The zero-order chi connectivity index (χ0) is 29.1. The van der Waals surface area contributed by atoms with Crippen molar-refractivity contribution in [3.05, 3.63) is 132 Å². The third-order valence-electron chi connectivity index (χ3n) is 6.88. The minimum atomic E-state index is -0.222. The second-order valence-electron chi connectivity index (χ2n) is 9.96. The van der Waals surface area contributed by atoms with Crippen molar-refractivity contribution in [3.8, 4) is 0 Å². The van der Waals surface area contributed by atoms with E-state index in [0.29, 0.717) is 13.2 Å². The van der Waals surface area contributed by atoms with Gasteiger partial charge in [-0.15, -0.1) is 0 Å². The maximum absolute atomic E-state index is 13.7. The molecule has 0 bridgehead atoms. The van der Waals surface area contributed by atoms with Crippen molar-refractivity contribution in [2.24, 2.45) is 0 Å². The van der Waals surface area contributed by atoms with Gasteiger partial charge in [-0.2, -0.15) is 0 Å². The van der Waals surface area contributed by atoms with Crippen LogP contribution < -0.4 is 10.2 Å². The van der Waals surface area contributed by atoms with Crippen molar-refractivity contribution in [1.29, 1.82) is 0 Å². The van der Waals surface area contributed by atoms with Gasteiger partial charge in [0.2, 0.25) is 0 Å². The first kappa shape index (κ1) is 29.0. The highest BCUT2D eigenvalue weighted by atomic mass is 32.2. The quantitative estimate of drug-likeness (QED) is 0.160. The predicted octanol–water partition coefficient (Wildman–Crippen LogP) is 8.77. The first-order valence-electron chi connectivity index (χ1n) is 14.2. The van der Waals surface area contributed by atoms with Crippen molar-refractivity contribution in [2.75, 3.05) is 23.4 Å². The molecule has 0 atom stereocenters. The number of anilines is 2. The molecular formula is C36H34N2O3S. The fraction of sp³-hybridized carbons (Fsp3) is 0.167. The van der Waals surface area contributed by atoms with Crippen molar-refractivity contribution in [1.82, 2.24) is 0 Å². The van der Waals surface area contributed by atoms with E-state index in [1.54, 1.807) is 11.8 Å². The Morgan fingerprint density at radius 3 is 2.29 bits per heavy atom. The number of fused-ring (bicyclic) bond motifs is 1. The predicted molar refractivity (Wildman–Crippen MR) is 172 cm³/mol. The zero-order valence-corrected chi connectivity index (χ0v) is 24.5. The number of esters is 1. The lowest BCUT2D eigenvalue weighted by Crippen LogP contribution is -2.36. The summed E-state index contributed by atoms with van der Waals surface area (Å²) in [5.41, 5.74) is 3.77. The lowest BCUT2D eigenvalue weighted by atomic mass is 10.1. The molecule has 0 unspecified atom stereocenters. The van der Waals surface area contributed by atoms with Gasteiger partial charge in [-0.3, -0.25) is 9.69 Å². The molecule has 5 aromatic carbocycles. The number of ether oxygens (including phenoxy) is 1. The Bertz CT molecular complexity index is 1640. The van der Waals surface area contributed by atoms with Gasteiger partial charge < -0.3 is 10.1 Å². The summed E-state index contributed by atoms with van der Waals surface area (Å²) in [5, 5.41) is 5.34. The summed E-state index contributed by atoms with van der Waals surface area (Å²) >= 11 is 1.62. The number of urea groups is 1. The molecule has 0 saturated carbocycles. The van der Waals surface area contributed by atoms with E-state index in [1.807, 2.05) is 109 Å². The fourth-order valence-electron chi connectivity index (χ4n) is 4.80. The SMILES string of the molecule is CCOC(=O)Cc1ccc(Sc2cccc(N(CCCc3ccccc3)C(=O)Nc3ccc4ccccc4c3)c2)cc1. The Balaban J connectivity index is 1.32. The zero-order valence-electron chi connectivity index (χ0n) is 23.7. The van der Waals surface area contributed by atoms with Gasteiger partial charge in [0.25, 0.3) is 0 Å². The monoisotopic (exact) mass is 574 g/mol. The molecule has 42 heavy (non-hydrogen) atoms. The molecular weight excluding hydrogens is 540 g/mol. The number of rotatable bonds is 11. The number of carbonyl (C=O) groups is 2. The number of benzene rings is 5. The lowest BCUT2D eigenvalue weighted by molar-refractivity contribution is -0.142. The van der Waals surface area contributed by atoms with Gasteiger partial charge in [0.1, 0.15) is 0 Å². The van der Waals surface area contributed by atoms with E-state index in [9.17, 15) is 9.59 Å². The summed E-state index contributed by atoms with van der Waals surface area (Å²) < 4.78 is 5.05. The fourth-order valence-corrected chi connectivity index (χ4v) is 5.67. The van der Waals surface area contributed by atoms with Gasteiger partial charge in [-0.05, 0) is 84.1 Å². The molecule has 5 rings (SSSR count). The molecule has 0 heterocycles. The van der Waals surface area contributed by atoms with E-state index in [0.717, 1.165) is 50.3 Å². The van der Waals surface area contributed by atoms with E-state index in [-0.39, 0.29) is 18.4 Å². The van der Waals surface area contributed by atoms with Gasteiger partial charge in [-0.25, -0.2) is 4.79 Å². The molecule has 0 aromatic heterocycles. The normalized spacial score (nSPS) is 10.8. The number of aryl methyl sites for hydroxylation is 1. The largest absolute Gasteiger partial charge is 0.466 e. The highest BCUT2D eigenvalue weighted by Crippen LogP contribution is 2.31. The van der Waals surface area contributed by atoms with E-state index < -0.39 is 0 Å². The smallest absolute Gasteiger partial charge is 0.326 e. The minimum Gasteiger partial charge on any atom is -0.466 e. The highest BCUT2D eigenvalue weighted by Gasteiger charge is 2.17. The molecule has 5 aromatic rings. The molecule has 0 aliphatic rings. The van der Waals surface area contributed by atoms with Crippen molar-refractivity contribution in [2.45, 2.75) is 36.0 Å². The van der Waals surface area contributed by atoms with Crippen LogP contribution in [0.4, 0.5) is 16.2 Å². The van der Waals surface area contributed by atoms with Crippen LogP contribution in [0.2, 0.25) is 0 Å². The van der Waals surface area contributed by atoms with Gasteiger partial charge in [0, 0.05) is 27.7 Å². The summed E-state index contributed by atoms with van der Waals surface area (Å²) in [5.74, 6) is -0.222. The first-order chi connectivity index (χ1) is 20.6. The second-order valence-corrected chi connectivity index (χ2v) is 11.1. The van der Waals surface area contributed by atoms with Crippen LogP contribution in [0, 0.1) is 0 Å². The molecule has 0 fully saturated rings. The Hall–Kier alpha value is -4.55. The molecule has 212 valence electrons. The lowest BCUT2D eigenvalue weighted by Gasteiger charge is -2.24. The number of amides is 2. The Morgan fingerprint density at radius 2 is 1.50 bits per heavy atom. The van der Waals surface area contributed by atoms with Crippen LogP contribution in [0.25, 0.3) is 10.8 Å². The average molecular weight is 575 g/mol. The molecule has 1 N–H and O–H groups in total. The maximum atomic E-state index is 13.7. The van der Waals surface area contributed by atoms with E-state index in [4.69, 9.17) is 4.74 Å². The van der Waals surface area contributed by atoms with E-state index >= 15 is 0 Å². The minimum absolute atomic E-state index is 0.163. The third-order valence-corrected chi connectivity index (χ3v) is 7.88. The summed E-state index contributed by atoms with van der Waals surface area (Å²) in [6, 6.07) is 40.3. The number of carbonyl (C=O) groups excluding carboxylic acids is 2. The summed E-state index contributed by atoms with van der Waals surface area (Å²) in [6.45, 7) is 2.76. The van der Waals surface area contributed by atoms with Crippen molar-refractivity contribution in [3.63, 3.8) is 0 Å². The number of nitrogens with one attached hydrogen (secondary N) is 1. The summed E-state index contributed by atoms with van der Waals surface area (Å²) in [4.78, 5) is 29.4. The van der Waals surface area contributed by atoms with Gasteiger partial charge >= 0.3 is 12.0 Å². The average Bonchev–Trinajstić information content (AvgIpc) is 3.01. The van der Waals surface area contributed by atoms with Crippen LogP contribution in [-0.2, 0) is 22.4 Å². The van der Waals surface area contributed by atoms with Crippen LogP contribution in [0.15, 0.2) is 131 Å². The van der Waals surface area contributed by atoms with E-state index in [1.165, 1.54) is 5.56 Å². The van der Waals surface area contributed by atoms with Crippen LogP contribution in [0.3, 0.4) is 0 Å². The molecule has 5 nitrogen and oxygen atoms in total. The van der Waals surface area contributed by atoms with Gasteiger partial charge in [0.15, 0.2) is 0 Å². The van der Waals surface area contributed by atoms with Crippen LogP contribution in [0.5, 0.6) is 0 Å². The standard InChI is InChI=1S/C36H34N2O3S/c1-2-41-35(39)24-28-17-21-33(22-18-28)42-34-16-8-15-32(26-34)38(23-9-12-27-10-4-3-5-11-27)36(40)37-31-20-19-29-13-6-7-14-30(29)25-31/h3-8,10-11,13-22,25-26H,2,9,12,23-24H2,1H3,(H,37,40). The topological polar surface area (TPSA) is 58.6 Å². The van der Waals surface area contributed by atoms with Gasteiger partial charge in [-0.1, -0.05) is 90.6 Å². The third kappa shape index (κ3) is 8.02. The Labute approximate surface area is 251 Å². The van der Waals surface area contributed by atoms with Crippen molar-refractivity contribution < 1.29 is 14.3 Å². The van der Waals surface area contributed by atoms with Gasteiger partial charge in [0.05, 0.1) is 13.0 Å². The Kier molecular flexibility index (Phi) is 9.91. The number of hydrogen-bond donors (Lipinski definition) is 1. The first-order valence-corrected chi connectivity index (χ1v) is 15.0. The summed E-state index contributed by atoms with van der Waals surface area (Å²) in [6.07, 6.45) is 1.97.